The van der Waals surface area contributed by atoms with Crippen molar-refractivity contribution in [1.29, 1.82) is 0 Å². The SMILES string of the molecule is O=[N+]([O-])C1[CH]OC=N1. The number of ether oxygens (including phenoxy) is 1. The molecule has 0 amide bonds. The predicted molar refractivity (Wildman–Crippen MR) is 24.7 cm³/mol. The summed E-state index contributed by atoms with van der Waals surface area (Å²) in [6, 6.07) is 0. The Morgan fingerprint density at radius 2 is 2.62 bits per heavy atom. The summed E-state index contributed by atoms with van der Waals surface area (Å²) in [4.78, 5) is 12.6. The molecule has 0 saturated carbocycles. The maximum atomic E-state index is 9.78. The van der Waals surface area contributed by atoms with Crippen molar-refractivity contribution in [2.45, 2.75) is 6.17 Å². The lowest BCUT2D eigenvalue weighted by atomic mass is 10.6. The molecule has 5 nitrogen and oxygen atoms in total. The summed E-state index contributed by atoms with van der Waals surface area (Å²) in [7, 11) is 0. The van der Waals surface area contributed by atoms with Crippen LogP contribution in [0.2, 0.25) is 0 Å². The molecule has 8 heavy (non-hydrogen) atoms. The molecular formula is C3H3N2O3. The molecule has 0 aromatic rings. The topological polar surface area (TPSA) is 64.7 Å². The molecule has 1 aliphatic heterocycles. The summed E-state index contributed by atoms with van der Waals surface area (Å²) in [5, 5.41) is 9.78. The zero-order valence-electron chi connectivity index (χ0n) is 3.85. The van der Waals surface area contributed by atoms with Crippen LogP contribution >= 0.6 is 0 Å². The highest BCUT2D eigenvalue weighted by Crippen LogP contribution is 2.02. The summed E-state index contributed by atoms with van der Waals surface area (Å²) >= 11 is 0. The fourth-order valence-corrected chi connectivity index (χ4v) is 0.342. The number of hydrogen-bond donors (Lipinski definition) is 0. The van der Waals surface area contributed by atoms with Crippen molar-refractivity contribution >= 4 is 6.40 Å². The Balaban J connectivity index is 2.48. The van der Waals surface area contributed by atoms with E-state index in [0.717, 1.165) is 13.0 Å². The molecule has 1 unspecified atom stereocenters. The van der Waals surface area contributed by atoms with Gasteiger partial charge in [0, 0.05) is 0 Å². The van der Waals surface area contributed by atoms with E-state index >= 15 is 0 Å². The Kier molecular flexibility index (Phi) is 1.11. The lowest BCUT2D eigenvalue weighted by molar-refractivity contribution is -0.513. The van der Waals surface area contributed by atoms with Crippen LogP contribution < -0.4 is 0 Å². The van der Waals surface area contributed by atoms with Crippen LogP contribution in [0.5, 0.6) is 0 Å². The molecule has 0 saturated heterocycles. The molecular weight excluding hydrogens is 112 g/mol. The fourth-order valence-electron chi connectivity index (χ4n) is 0.342. The summed E-state index contributed by atoms with van der Waals surface area (Å²) < 4.78 is 4.36. The maximum absolute atomic E-state index is 9.78. The van der Waals surface area contributed by atoms with Gasteiger partial charge >= 0.3 is 6.17 Å². The minimum absolute atomic E-state index is 0.538. The minimum atomic E-state index is -0.991. The van der Waals surface area contributed by atoms with Crippen LogP contribution in [0.4, 0.5) is 0 Å². The van der Waals surface area contributed by atoms with Crippen LogP contribution in [-0.4, -0.2) is 17.5 Å². The van der Waals surface area contributed by atoms with E-state index in [-0.39, 0.29) is 0 Å². The van der Waals surface area contributed by atoms with Gasteiger partial charge in [-0.15, -0.1) is 0 Å². The molecule has 0 bridgehead atoms. The number of nitro groups is 1. The molecule has 1 radical (unpaired) electrons. The quantitative estimate of drug-likeness (QED) is 0.351. The van der Waals surface area contributed by atoms with Gasteiger partial charge in [-0.3, -0.25) is 10.1 Å². The zero-order chi connectivity index (χ0) is 5.98. The average molecular weight is 115 g/mol. The highest BCUT2D eigenvalue weighted by Gasteiger charge is 2.22. The van der Waals surface area contributed by atoms with Crippen molar-refractivity contribution in [2.24, 2.45) is 4.99 Å². The van der Waals surface area contributed by atoms with Crippen molar-refractivity contribution in [3.8, 4) is 0 Å². The van der Waals surface area contributed by atoms with Crippen molar-refractivity contribution in [3.63, 3.8) is 0 Å². The Labute approximate surface area is 45.1 Å². The molecule has 0 spiro atoms. The zero-order valence-corrected chi connectivity index (χ0v) is 3.85. The van der Waals surface area contributed by atoms with Gasteiger partial charge in [-0.1, -0.05) is 0 Å². The van der Waals surface area contributed by atoms with Crippen molar-refractivity contribution in [2.75, 3.05) is 0 Å². The van der Waals surface area contributed by atoms with Gasteiger partial charge in [-0.05, 0) is 0 Å². The summed E-state index contributed by atoms with van der Waals surface area (Å²) in [5.74, 6) is 0. The third-order valence-corrected chi connectivity index (χ3v) is 0.691. The number of hydrogen-bond acceptors (Lipinski definition) is 4. The minimum Gasteiger partial charge on any atom is -0.466 e. The summed E-state index contributed by atoms with van der Waals surface area (Å²) in [5.41, 5.74) is 0. The van der Waals surface area contributed by atoms with E-state index in [0.29, 0.717) is 0 Å². The van der Waals surface area contributed by atoms with Crippen LogP contribution in [0, 0.1) is 16.7 Å². The lowest BCUT2D eigenvalue weighted by Gasteiger charge is -1.90. The Morgan fingerprint density at radius 3 is 2.88 bits per heavy atom. The molecule has 1 rings (SSSR count). The second-order valence-corrected chi connectivity index (χ2v) is 1.23. The number of aliphatic imine (C=N–C) groups is 1. The van der Waals surface area contributed by atoms with Gasteiger partial charge in [-0.25, -0.2) is 0 Å². The molecule has 0 N–H and O–H groups in total. The van der Waals surface area contributed by atoms with Crippen LogP contribution in [-0.2, 0) is 4.74 Å². The second-order valence-electron chi connectivity index (χ2n) is 1.23. The van der Waals surface area contributed by atoms with Gasteiger partial charge < -0.3 is 4.74 Å². The highest BCUT2D eigenvalue weighted by atomic mass is 16.6. The molecule has 1 heterocycles. The van der Waals surface area contributed by atoms with Gasteiger partial charge in [0.2, 0.25) is 6.61 Å². The summed E-state index contributed by atoms with van der Waals surface area (Å²) in [6.45, 7) is 1.06. The second kappa shape index (κ2) is 1.77. The van der Waals surface area contributed by atoms with E-state index in [1.165, 1.54) is 0 Å². The van der Waals surface area contributed by atoms with E-state index in [9.17, 15) is 10.1 Å². The van der Waals surface area contributed by atoms with Gasteiger partial charge in [0.1, 0.15) is 0 Å². The first-order chi connectivity index (χ1) is 3.80. The largest absolute Gasteiger partial charge is 0.466 e. The molecule has 1 aliphatic rings. The highest BCUT2D eigenvalue weighted by molar-refractivity contribution is 5.49. The Morgan fingerprint density at radius 1 is 1.88 bits per heavy atom. The summed E-state index contributed by atoms with van der Waals surface area (Å²) in [6.07, 6.45) is 0.0583. The van der Waals surface area contributed by atoms with Crippen LogP contribution in [0.1, 0.15) is 0 Å². The molecule has 43 valence electrons. The van der Waals surface area contributed by atoms with E-state index in [1.54, 1.807) is 0 Å². The van der Waals surface area contributed by atoms with Gasteiger partial charge in [0.05, 0.1) is 4.92 Å². The molecule has 1 atom stereocenters. The van der Waals surface area contributed by atoms with E-state index in [2.05, 4.69) is 9.73 Å². The van der Waals surface area contributed by atoms with Crippen LogP contribution in [0.15, 0.2) is 4.99 Å². The monoisotopic (exact) mass is 115 g/mol. The molecule has 0 aromatic heterocycles. The Bertz CT molecular complexity index is 132. The first-order valence-corrected chi connectivity index (χ1v) is 1.94. The first-order valence-electron chi connectivity index (χ1n) is 1.94. The van der Waals surface area contributed by atoms with Crippen molar-refractivity contribution in [3.05, 3.63) is 16.7 Å². The van der Waals surface area contributed by atoms with Gasteiger partial charge in [-0.2, -0.15) is 4.99 Å². The predicted octanol–water partition coefficient (Wildman–Crippen LogP) is -0.191. The third kappa shape index (κ3) is 0.749. The average Bonchev–Trinajstić information content (AvgIpc) is 2.12. The normalized spacial score (nSPS) is 25.2. The molecule has 0 fully saturated rings. The van der Waals surface area contributed by atoms with Crippen LogP contribution in [0.25, 0.3) is 0 Å². The molecule has 0 aromatic carbocycles. The molecule has 0 aliphatic carbocycles. The van der Waals surface area contributed by atoms with E-state index in [1.807, 2.05) is 0 Å². The van der Waals surface area contributed by atoms with Crippen LogP contribution in [0.3, 0.4) is 0 Å². The van der Waals surface area contributed by atoms with Gasteiger partial charge in [0.15, 0.2) is 6.40 Å². The maximum Gasteiger partial charge on any atom is 0.347 e. The van der Waals surface area contributed by atoms with Gasteiger partial charge in [0.25, 0.3) is 0 Å². The number of rotatable bonds is 1. The Hall–Kier alpha value is -1.13. The first kappa shape index (κ1) is 5.02. The van der Waals surface area contributed by atoms with Crippen molar-refractivity contribution in [1.82, 2.24) is 0 Å². The van der Waals surface area contributed by atoms with Crippen molar-refractivity contribution < 1.29 is 9.66 Å². The standard InChI is InChI=1S/C3H3N2O3/c6-5(7)3-1-8-2-4-3/h1-3H. The van der Waals surface area contributed by atoms with E-state index < -0.39 is 11.1 Å². The smallest absolute Gasteiger partial charge is 0.347 e. The number of nitrogens with zero attached hydrogens (tertiary/aromatic N) is 2. The third-order valence-electron chi connectivity index (χ3n) is 0.691. The van der Waals surface area contributed by atoms with E-state index in [4.69, 9.17) is 0 Å². The lowest BCUT2D eigenvalue weighted by Crippen LogP contribution is -2.13. The molecule has 5 heteroatoms. The fraction of sp³-hybridized carbons (Fsp3) is 0.333.